The number of ether oxygens (including phenoxy) is 4. The van der Waals surface area contributed by atoms with Gasteiger partial charge in [-0.2, -0.15) is 0 Å². The van der Waals surface area contributed by atoms with Gasteiger partial charge in [-0.05, 0) is 68.7 Å². The van der Waals surface area contributed by atoms with Crippen LogP contribution >= 0.6 is 0 Å². The number of hydrogen-bond acceptors (Lipinski definition) is 7. The van der Waals surface area contributed by atoms with E-state index in [9.17, 15) is 9.90 Å². The Morgan fingerprint density at radius 3 is 2.52 bits per heavy atom. The normalized spacial score (nSPS) is 22.5. The highest BCUT2D eigenvalue weighted by Crippen LogP contribution is 2.38. The number of carbonyl (C=O) groups excluding carboxylic acids is 1. The predicted octanol–water partition coefficient (Wildman–Crippen LogP) is 5.06. The van der Waals surface area contributed by atoms with Crippen LogP contribution in [0.4, 0.5) is 4.79 Å². The fourth-order valence-corrected chi connectivity index (χ4v) is 5.41. The molecule has 0 radical (unpaired) electrons. The topological polar surface area (TPSA) is 103 Å². The van der Waals surface area contributed by atoms with Gasteiger partial charge in [0.25, 0.3) is 0 Å². The molecule has 1 heterocycles. The second-order valence-corrected chi connectivity index (χ2v) is 12.6. The van der Waals surface area contributed by atoms with Gasteiger partial charge in [0, 0.05) is 6.04 Å². The summed E-state index contributed by atoms with van der Waals surface area (Å²) in [4.78, 5) is 14.8. The van der Waals surface area contributed by atoms with Crippen molar-refractivity contribution in [2.45, 2.75) is 96.5 Å². The molecule has 0 bridgehead atoms. The third-order valence-electron chi connectivity index (χ3n) is 7.71. The maximum atomic E-state index is 13.2. The van der Waals surface area contributed by atoms with Crippen LogP contribution in [0, 0.1) is 5.41 Å². The van der Waals surface area contributed by atoms with Crippen LogP contribution in [0.3, 0.4) is 0 Å². The number of morpholine rings is 1. The first-order chi connectivity index (χ1) is 19.0. The first kappa shape index (κ1) is 30.3. The summed E-state index contributed by atoms with van der Waals surface area (Å²) in [5, 5.41) is 11.3. The molecule has 0 spiro atoms. The molecule has 1 aliphatic heterocycles. The zero-order valence-corrected chi connectivity index (χ0v) is 24.4. The monoisotopic (exact) mass is 554 g/mol. The number of hydrogen-bond donors (Lipinski definition) is 2. The molecule has 1 saturated carbocycles. The van der Waals surface area contributed by atoms with Gasteiger partial charge in [-0.25, -0.2) is 4.79 Å². The van der Waals surface area contributed by atoms with Crippen molar-refractivity contribution in [3.8, 4) is 5.75 Å². The average molecular weight is 555 g/mol. The minimum Gasteiger partial charge on any atom is -0.489 e. The van der Waals surface area contributed by atoms with Crippen molar-refractivity contribution in [1.82, 2.24) is 4.90 Å². The van der Waals surface area contributed by atoms with E-state index in [1.165, 1.54) is 17.7 Å². The van der Waals surface area contributed by atoms with Gasteiger partial charge in [0.15, 0.2) is 6.29 Å². The molecule has 1 amide bonds. The average Bonchev–Trinajstić information content (AvgIpc) is 3.36. The number of nitrogens with two attached hydrogens (primary N) is 1. The number of rotatable bonds is 10. The van der Waals surface area contributed by atoms with E-state index in [1.807, 2.05) is 75.4 Å². The Morgan fingerprint density at radius 2 is 1.82 bits per heavy atom. The minimum atomic E-state index is -1.03. The molecule has 2 fully saturated rings. The van der Waals surface area contributed by atoms with Crippen LogP contribution in [0.5, 0.6) is 5.75 Å². The van der Waals surface area contributed by atoms with E-state index in [0.29, 0.717) is 19.6 Å². The van der Waals surface area contributed by atoms with E-state index in [4.69, 9.17) is 24.7 Å². The molecule has 4 rings (SSSR count). The Bertz CT molecular complexity index is 1080. The van der Waals surface area contributed by atoms with Crippen LogP contribution in [0.25, 0.3) is 0 Å². The lowest BCUT2D eigenvalue weighted by Crippen LogP contribution is -2.62. The molecule has 220 valence electrons. The first-order valence-corrected chi connectivity index (χ1v) is 14.4. The Balaban J connectivity index is 1.38. The van der Waals surface area contributed by atoms with Gasteiger partial charge in [0.2, 0.25) is 0 Å². The van der Waals surface area contributed by atoms with Crippen molar-refractivity contribution in [3.63, 3.8) is 0 Å². The zero-order valence-electron chi connectivity index (χ0n) is 24.4. The smallest absolute Gasteiger partial charge is 0.410 e. The van der Waals surface area contributed by atoms with Crippen LogP contribution in [0.15, 0.2) is 54.6 Å². The van der Waals surface area contributed by atoms with Crippen LogP contribution < -0.4 is 10.5 Å². The van der Waals surface area contributed by atoms with Crippen molar-refractivity contribution in [2.24, 2.45) is 11.1 Å². The van der Waals surface area contributed by atoms with Crippen molar-refractivity contribution in [3.05, 3.63) is 65.7 Å². The van der Waals surface area contributed by atoms with E-state index in [2.05, 4.69) is 6.92 Å². The highest BCUT2D eigenvalue weighted by molar-refractivity contribution is 5.69. The number of aliphatic hydroxyl groups excluding tert-OH is 1. The zero-order chi connectivity index (χ0) is 28.8. The predicted molar refractivity (Wildman–Crippen MR) is 154 cm³/mol. The summed E-state index contributed by atoms with van der Waals surface area (Å²) in [5.41, 5.74) is 8.00. The van der Waals surface area contributed by atoms with Crippen molar-refractivity contribution in [2.75, 3.05) is 19.8 Å². The number of amides is 1. The lowest BCUT2D eigenvalue weighted by Gasteiger charge is -2.43. The third kappa shape index (κ3) is 8.67. The molecule has 4 atom stereocenters. The SMILES string of the molecule is CC1(COC2CN(C(=O)OC(C)(C)C)C(C(O)C(N)Cc3cccc(OCc4ccccc4)c3)CO2)CCCC1. The molecule has 1 aliphatic carbocycles. The fraction of sp³-hybridized carbons (Fsp3) is 0.594. The van der Waals surface area contributed by atoms with Crippen LogP contribution in [-0.2, 0) is 27.2 Å². The third-order valence-corrected chi connectivity index (χ3v) is 7.71. The Labute approximate surface area is 238 Å². The lowest BCUT2D eigenvalue weighted by atomic mass is 9.90. The number of nitrogens with zero attached hydrogens (tertiary/aromatic N) is 1. The maximum Gasteiger partial charge on any atom is 0.410 e. The summed E-state index contributed by atoms with van der Waals surface area (Å²) < 4.78 is 23.8. The van der Waals surface area contributed by atoms with Gasteiger partial charge in [0.1, 0.15) is 18.0 Å². The summed E-state index contributed by atoms with van der Waals surface area (Å²) in [5.74, 6) is 0.732. The lowest BCUT2D eigenvalue weighted by molar-refractivity contribution is -0.212. The van der Waals surface area contributed by atoms with E-state index < -0.39 is 36.2 Å². The second kappa shape index (κ2) is 13.3. The van der Waals surface area contributed by atoms with Gasteiger partial charge in [-0.1, -0.05) is 62.2 Å². The standard InChI is InChI=1S/C32H46N2O6/c1-31(2,3)40-30(36)34-19-28(39-22-32(4)15-8-9-16-32)38-21-27(34)29(35)26(33)18-24-13-10-14-25(17-24)37-20-23-11-6-5-7-12-23/h5-7,10-14,17,26-29,35H,8-9,15-16,18-22,33H2,1-4H3. The van der Waals surface area contributed by atoms with E-state index in [-0.39, 0.29) is 18.6 Å². The minimum absolute atomic E-state index is 0.107. The quantitative estimate of drug-likeness (QED) is 0.423. The van der Waals surface area contributed by atoms with E-state index in [1.54, 1.807) is 0 Å². The molecular formula is C32H46N2O6. The number of aliphatic hydroxyl groups is 1. The molecule has 2 aromatic carbocycles. The fourth-order valence-electron chi connectivity index (χ4n) is 5.41. The molecular weight excluding hydrogens is 508 g/mol. The molecule has 8 nitrogen and oxygen atoms in total. The summed E-state index contributed by atoms with van der Waals surface area (Å²) in [6.07, 6.45) is 2.96. The van der Waals surface area contributed by atoms with Gasteiger partial charge in [-0.15, -0.1) is 0 Å². The number of carbonyl (C=O) groups is 1. The van der Waals surface area contributed by atoms with Crippen LogP contribution in [0.1, 0.15) is 64.5 Å². The van der Waals surface area contributed by atoms with E-state index >= 15 is 0 Å². The molecule has 2 aliphatic rings. The highest BCUT2D eigenvalue weighted by Gasteiger charge is 2.41. The number of benzene rings is 2. The van der Waals surface area contributed by atoms with Crippen molar-refractivity contribution >= 4 is 6.09 Å². The second-order valence-electron chi connectivity index (χ2n) is 12.6. The molecule has 8 heteroatoms. The van der Waals surface area contributed by atoms with Crippen LogP contribution in [0.2, 0.25) is 0 Å². The molecule has 3 N–H and O–H groups in total. The van der Waals surface area contributed by atoms with Crippen molar-refractivity contribution in [1.29, 1.82) is 0 Å². The highest BCUT2D eigenvalue weighted by atomic mass is 16.7. The molecule has 2 aromatic rings. The van der Waals surface area contributed by atoms with Gasteiger partial charge in [-0.3, -0.25) is 4.90 Å². The van der Waals surface area contributed by atoms with Gasteiger partial charge in [0.05, 0.1) is 31.9 Å². The Hall–Kier alpha value is -2.65. The summed E-state index contributed by atoms with van der Waals surface area (Å²) >= 11 is 0. The largest absolute Gasteiger partial charge is 0.489 e. The maximum absolute atomic E-state index is 13.2. The van der Waals surface area contributed by atoms with Crippen molar-refractivity contribution < 1.29 is 28.8 Å². The molecule has 1 saturated heterocycles. The van der Waals surface area contributed by atoms with Crippen LogP contribution in [-0.4, -0.2) is 65.9 Å². The van der Waals surface area contributed by atoms with E-state index in [0.717, 1.165) is 29.7 Å². The van der Waals surface area contributed by atoms with Gasteiger partial charge >= 0.3 is 6.09 Å². The molecule has 40 heavy (non-hydrogen) atoms. The summed E-state index contributed by atoms with van der Waals surface area (Å²) in [6.45, 7) is 9.03. The summed E-state index contributed by atoms with van der Waals surface area (Å²) in [7, 11) is 0. The summed E-state index contributed by atoms with van der Waals surface area (Å²) in [6, 6.07) is 16.4. The Kier molecular flexibility index (Phi) is 10.1. The Morgan fingerprint density at radius 1 is 1.12 bits per heavy atom. The molecule has 0 aromatic heterocycles. The first-order valence-electron chi connectivity index (χ1n) is 14.4. The van der Waals surface area contributed by atoms with Gasteiger partial charge < -0.3 is 29.8 Å². The molecule has 4 unspecified atom stereocenters.